The van der Waals surface area contributed by atoms with E-state index in [1.165, 1.54) is 5.56 Å². The molecule has 4 rings (SSSR count). The van der Waals surface area contributed by atoms with Crippen molar-refractivity contribution >= 4 is 46.4 Å². The molecule has 1 amide bonds. The number of piperidine rings is 1. The number of pyridine rings is 1. The van der Waals surface area contributed by atoms with Crippen LogP contribution in [0.4, 0.5) is 11.5 Å². The Labute approximate surface area is 222 Å². The minimum atomic E-state index is -0.274. The first-order chi connectivity index (χ1) is 17.2. The number of anilines is 2. The first-order valence-corrected chi connectivity index (χ1v) is 13.0. The van der Waals surface area contributed by atoms with Gasteiger partial charge in [-0.2, -0.15) is 0 Å². The maximum atomic E-state index is 12.9. The first-order valence-electron chi connectivity index (χ1n) is 12.3. The molecular weight excluding hydrogens is 493 g/mol. The normalized spacial score (nSPS) is 14.5. The fourth-order valence-electron chi connectivity index (χ4n) is 4.83. The van der Waals surface area contributed by atoms with Gasteiger partial charge in [0.15, 0.2) is 5.82 Å². The maximum absolute atomic E-state index is 12.9. The molecule has 0 unspecified atom stereocenters. The summed E-state index contributed by atoms with van der Waals surface area (Å²) in [6.07, 6.45) is 4.51. The van der Waals surface area contributed by atoms with Gasteiger partial charge >= 0.3 is 0 Å². The second-order valence-electron chi connectivity index (χ2n) is 10.1. The predicted molar refractivity (Wildman–Crippen MR) is 147 cm³/mol. The standard InChI is InChI=1S/C29H31Cl2N3O2/c1-29(2,22-8-4-3-5-9-22)18-25(35)15-20-11-13-34(14-12-20)27-26(17-24(31)19-32-27)33-28(36)21-7-6-10-23(30)16-21/h3-10,16-17,19-20H,11-15,18H2,1-2H3,(H,33,36). The zero-order valence-electron chi connectivity index (χ0n) is 20.6. The van der Waals surface area contributed by atoms with Crippen molar-refractivity contribution in [2.24, 2.45) is 5.92 Å². The van der Waals surface area contributed by atoms with Crippen molar-refractivity contribution in [1.82, 2.24) is 4.98 Å². The van der Waals surface area contributed by atoms with Gasteiger partial charge in [0, 0.05) is 42.7 Å². The summed E-state index contributed by atoms with van der Waals surface area (Å²) in [5.41, 5.74) is 2.03. The highest BCUT2D eigenvalue weighted by atomic mass is 35.5. The summed E-state index contributed by atoms with van der Waals surface area (Å²) in [7, 11) is 0. The second kappa shape index (κ2) is 11.4. The average molecular weight is 524 g/mol. The number of Topliss-reactive ketones (excluding diaryl/α,β-unsaturated/α-hetero) is 1. The van der Waals surface area contributed by atoms with Gasteiger partial charge in [0.2, 0.25) is 0 Å². The van der Waals surface area contributed by atoms with Crippen LogP contribution in [0.5, 0.6) is 0 Å². The van der Waals surface area contributed by atoms with E-state index in [1.807, 2.05) is 18.2 Å². The highest BCUT2D eigenvalue weighted by Gasteiger charge is 2.28. The molecule has 0 radical (unpaired) electrons. The molecule has 188 valence electrons. The zero-order chi connectivity index (χ0) is 25.7. The van der Waals surface area contributed by atoms with Crippen molar-refractivity contribution < 1.29 is 9.59 Å². The minimum Gasteiger partial charge on any atom is -0.355 e. The molecule has 7 heteroatoms. The third-order valence-corrected chi connectivity index (χ3v) is 7.23. The molecule has 1 aliphatic heterocycles. The molecule has 0 spiro atoms. The summed E-state index contributed by atoms with van der Waals surface area (Å²) in [5, 5.41) is 3.88. The summed E-state index contributed by atoms with van der Waals surface area (Å²) < 4.78 is 0. The van der Waals surface area contributed by atoms with Gasteiger partial charge < -0.3 is 10.2 Å². The summed E-state index contributed by atoms with van der Waals surface area (Å²) in [6, 6.07) is 18.7. The summed E-state index contributed by atoms with van der Waals surface area (Å²) in [4.78, 5) is 32.4. The first kappa shape index (κ1) is 26.2. The second-order valence-corrected chi connectivity index (χ2v) is 11.0. The molecule has 0 saturated carbocycles. The largest absolute Gasteiger partial charge is 0.355 e. The topological polar surface area (TPSA) is 62.3 Å². The Hall–Kier alpha value is -2.89. The van der Waals surface area contributed by atoms with E-state index >= 15 is 0 Å². The van der Waals surface area contributed by atoms with Crippen LogP contribution < -0.4 is 10.2 Å². The van der Waals surface area contributed by atoms with Crippen molar-refractivity contribution in [2.75, 3.05) is 23.3 Å². The van der Waals surface area contributed by atoms with Crippen LogP contribution in [0.2, 0.25) is 10.0 Å². The Bertz CT molecular complexity index is 1220. The number of aromatic nitrogens is 1. The molecule has 5 nitrogen and oxygen atoms in total. The molecular formula is C29H31Cl2N3O2. The molecule has 2 aromatic carbocycles. The Morgan fingerprint density at radius 2 is 1.72 bits per heavy atom. The predicted octanol–water partition coefficient (Wildman–Crippen LogP) is 7.18. The Kier molecular flexibility index (Phi) is 8.32. The highest BCUT2D eigenvalue weighted by Crippen LogP contribution is 2.33. The lowest BCUT2D eigenvalue weighted by molar-refractivity contribution is -0.121. The number of benzene rings is 2. The molecule has 1 N–H and O–H groups in total. The molecule has 1 aromatic heterocycles. The maximum Gasteiger partial charge on any atom is 0.255 e. The van der Waals surface area contributed by atoms with Gasteiger partial charge in [-0.3, -0.25) is 9.59 Å². The number of hydrogen-bond acceptors (Lipinski definition) is 4. The Balaban J connectivity index is 1.36. The third kappa shape index (κ3) is 6.65. The molecule has 1 fully saturated rings. The molecule has 1 aliphatic rings. The van der Waals surface area contributed by atoms with Gasteiger partial charge in [-0.25, -0.2) is 4.98 Å². The van der Waals surface area contributed by atoms with Crippen molar-refractivity contribution in [3.63, 3.8) is 0 Å². The Morgan fingerprint density at radius 3 is 2.42 bits per heavy atom. The van der Waals surface area contributed by atoms with Gasteiger partial charge in [0.1, 0.15) is 5.78 Å². The number of halogens is 2. The summed E-state index contributed by atoms with van der Waals surface area (Å²) >= 11 is 12.2. The average Bonchev–Trinajstić information content (AvgIpc) is 2.85. The van der Waals surface area contributed by atoms with Crippen LogP contribution in [0.3, 0.4) is 0 Å². The van der Waals surface area contributed by atoms with E-state index in [0.29, 0.717) is 51.7 Å². The van der Waals surface area contributed by atoms with Crippen molar-refractivity contribution in [1.29, 1.82) is 0 Å². The van der Waals surface area contributed by atoms with E-state index in [9.17, 15) is 9.59 Å². The van der Waals surface area contributed by atoms with E-state index < -0.39 is 0 Å². The molecule has 0 bridgehead atoms. The van der Waals surface area contributed by atoms with Crippen LogP contribution >= 0.6 is 23.2 Å². The minimum absolute atomic E-state index is 0.178. The molecule has 36 heavy (non-hydrogen) atoms. The number of carbonyl (C=O) groups is 2. The van der Waals surface area contributed by atoms with Crippen molar-refractivity contribution in [2.45, 2.75) is 44.9 Å². The number of rotatable bonds is 8. The summed E-state index contributed by atoms with van der Waals surface area (Å²) in [6.45, 7) is 5.78. The van der Waals surface area contributed by atoms with Gasteiger partial charge in [0.05, 0.1) is 10.7 Å². The third-order valence-electron chi connectivity index (χ3n) is 6.79. The van der Waals surface area contributed by atoms with Crippen molar-refractivity contribution in [3.8, 4) is 0 Å². The van der Waals surface area contributed by atoms with Crippen LogP contribution in [-0.2, 0) is 10.2 Å². The smallest absolute Gasteiger partial charge is 0.255 e. The number of nitrogens with zero attached hydrogens (tertiary/aromatic N) is 2. The van der Waals surface area contributed by atoms with Crippen LogP contribution in [0.15, 0.2) is 66.9 Å². The van der Waals surface area contributed by atoms with Gasteiger partial charge in [-0.05, 0) is 54.0 Å². The van der Waals surface area contributed by atoms with E-state index in [-0.39, 0.29) is 11.3 Å². The molecule has 3 aromatic rings. The van der Waals surface area contributed by atoms with Gasteiger partial charge in [0.25, 0.3) is 5.91 Å². The molecule has 1 saturated heterocycles. The number of hydrogen-bond donors (Lipinski definition) is 1. The van der Waals surface area contributed by atoms with Gasteiger partial charge in [-0.1, -0.05) is 73.4 Å². The van der Waals surface area contributed by atoms with Crippen LogP contribution in [0.1, 0.15) is 55.5 Å². The SMILES string of the molecule is CC(C)(CC(=O)CC1CCN(c2ncc(Cl)cc2NC(=O)c2cccc(Cl)c2)CC1)c1ccccc1. The fourth-order valence-corrected chi connectivity index (χ4v) is 5.18. The van der Waals surface area contributed by atoms with Crippen LogP contribution in [0.25, 0.3) is 0 Å². The monoisotopic (exact) mass is 523 g/mol. The lowest BCUT2D eigenvalue weighted by Gasteiger charge is -2.34. The number of ketones is 1. The van der Waals surface area contributed by atoms with Crippen LogP contribution in [-0.4, -0.2) is 29.8 Å². The van der Waals surface area contributed by atoms with Crippen LogP contribution in [0, 0.1) is 5.92 Å². The van der Waals surface area contributed by atoms with E-state index in [1.54, 1.807) is 36.5 Å². The van der Waals surface area contributed by atoms with E-state index in [0.717, 1.165) is 25.9 Å². The lowest BCUT2D eigenvalue weighted by atomic mass is 9.78. The highest BCUT2D eigenvalue weighted by molar-refractivity contribution is 6.31. The number of carbonyl (C=O) groups excluding carboxylic acids is 2. The number of amides is 1. The fraction of sp³-hybridized carbons (Fsp3) is 0.345. The van der Waals surface area contributed by atoms with E-state index in [2.05, 4.69) is 41.2 Å². The molecule has 0 atom stereocenters. The van der Waals surface area contributed by atoms with Gasteiger partial charge in [-0.15, -0.1) is 0 Å². The summed E-state index contributed by atoms with van der Waals surface area (Å²) in [5.74, 6) is 1.06. The lowest BCUT2D eigenvalue weighted by Crippen LogP contribution is -2.36. The molecule has 2 heterocycles. The van der Waals surface area contributed by atoms with Crippen molar-refractivity contribution in [3.05, 3.63) is 88.0 Å². The quantitative estimate of drug-likeness (QED) is 0.339. The molecule has 0 aliphatic carbocycles. The number of nitrogens with one attached hydrogen (secondary N) is 1. The zero-order valence-corrected chi connectivity index (χ0v) is 22.1. The van der Waals surface area contributed by atoms with E-state index in [4.69, 9.17) is 23.2 Å². The Morgan fingerprint density at radius 1 is 1.00 bits per heavy atom.